The van der Waals surface area contributed by atoms with Crippen molar-refractivity contribution in [3.8, 4) is 11.5 Å². The third-order valence-corrected chi connectivity index (χ3v) is 3.44. The van der Waals surface area contributed by atoms with Crippen molar-refractivity contribution in [2.75, 3.05) is 0 Å². The molecule has 20 heavy (non-hydrogen) atoms. The van der Waals surface area contributed by atoms with Gasteiger partial charge in [0.05, 0.1) is 4.92 Å². The smallest absolute Gasteiger partial charge is 0.311 e. The van der Waals surface area contributed by atoms with Gasteiger partial charge in [-0.25, -0.2) is 0 Å². The summed E-state index contributed by atoms with van der Waals surface area (Å²) in [7, 11) is 0. The number of hydrogen-bond acceptors (Lipinski definition) is 4. The lowest BCUT2D eigenvalue weighted by Gasteiger charge is -2.11. The Labute approximate surface area is 124 Å². The van der Waals surface area contributed by atoms with Crippen LogP contribution >= 0.6 is 15.9 Å². The van der Waals surface area contributed by atoms with Gasteiger partial charge in [0.15, 0.2) is 0 Å². The Morgan fingerprint density at radius 2 is 2.00 bits per heavy atom. The van der Waals surface area contributed by atoms with Crippen LogP contribution in [0, 0.1) is 10.1 Å². The van der Waals surface area contributed by atoms with Crippen molar-refractivity contribution in [2.24, 2.45) is 5.73 Å². The molecule has 5 nitrogen and oxygen atoms in total. The molecule has 0 aliphatic heterocycles. The fourth-order valence-corrected chi connectivity index (χ4v) is 2.48. The van der Waals surface area contributed by atoms with E-state index in [0.29, 0.717) is 5.75 Å². The van der Waals surface area contributed by atoms with Gasteiger partial charge in [0, 0.05) is 16.6 Å². The molecule has 2 N–H and O–H groups in total. The Morgan fingerprint density at radius 1 is 1.30 bits per heavy atom. The molecule has 1 unspecified atom stereocenters. The number of nitro groups is 1. The fraction of sp³-hybridized carbons (Fsp3) is 0.143. The van der Waals surface area contributed by atoms with Crippen molar-refractivity contribution in [1.82, 2.24) is 0 Å². The maximum absolute atomic E-state index is 10.9. The first-order valence-corrected chi connectivity index (χ1v) is 6.74. The molecule has 0 saturated heterocycles. The Morgan fingerprint density at radius 3 is 2.60 bits per heavy atom. The number of ether oxygens (including phenoxy) is 1. The van der Waals surface area contributed by atoms with Crippen LogP contribution in [0.4, 0.5) is 5.69 Å². The maximum Gasteiger partial charge on any atom is 0.311 e. The van der Waals surface area contributed by atoms with Gasteiger partial charge in [-0.05, 0) is 30.7 Å². The zero-order valence-corrected chi connectivity index (χ0v) is 12.3. The lowest BCUT2D eigenvalue weighted by molar-refractivity contribution is -0.385. The summed E-state index contributed by atoms with van der Waals surface area (Å²) in [6.07, 6.45) is 0. The van der Waals surface area contributed by atoms with E-state index in [9.17, 15) is 10.1 Å². The predicted octanol–water partition coefficient (Wildman–Crippen LogP) is 4.17. The first-order chi connectivity index (χ1) is 9.49. The van der Waals surface area contributed by atoms with Crippen LogP contribution in [-0.2, 0) is 0 Å². The topological polar surface area (TPSA) is 78.4 Å². The standard InChI is InChI=1S/C14H13BrN2O3/c1-9(16)11-7-6-10(8-12(11)15)20-14-5-3-2-4-13(14)17(18)19/h2-9H,16H2,1H3. The van der Waals surface area contributed by atoms with Gasteiger partial charge < -0.3 is 10.5 Å². The molecule has 0 aliphatic rings. The zero-order chi connectivity index (χ0) is 14.7. The molecule has 0 saturated carbocycles. The highest BCUT2D eigenvalue weighted by molar-refractivity contribution is 9.10. The van der Waals surface area contributed by atoms with E-state index in [1.54, 1.807) is 30.3 Å². The normalized spacial score (nSPS) is 11.9. The van der Waals surface area contributed by atoms with E-state index in [1.165, 1.54) is 6.07 Å². The average Bonchev–Trinajstić information content (AvgIpc) is 2.38. The number of rotatable bonds is 4. The Bertz CT molecular complexity index is 644. The van der Waals surface area contributed by atoms with E-state index in [2.05, 4.69) is 15.9 Å². The molecule has 0 spiro atoms. The van der Waals surface area contributed by atoms with Crippen molar-refractivity contribution in [1.29, 1.82) is 0 Å². The number of nitro benzene ring substituents is 1. The molecule has 0 bridgehead atoms. The largest absolute Gasteiger partial charge is 0.450 e. The molecule has 2 aromatic rings. The molecule has 104 valence electrons. The zero-order valence-electron chi connectivity index (χ0n) is 10.7. The summed E-state index contributed by atoms with van der Waals surface area (Å²) in [6.45, 7) is 1.88. The number of para-hydroxylation sites is 2. The molecule has 1 atom stereocenters. The second kappa shape index (κ2) is 6.02. The molecule has 2 rings (SSSR count). The van der Waals surface area contributed by atoms with Gasteiger partial charge >= 0.3 is 5.69 Å². The fourth-order valence-electron chi connectivity index (χ4n) is 1.76. The second-order valence-corrected chi connectivity index (χ2v) is 5.15. The summed E-state index contributed by atoms with van der Waals surface area (Å²) in [5.41, 5.74) is 6.70. The number of hydrogen-bond donors (Lipinski definition) is 1. The van der Waals surface area contributed by atoms with Gasteiger partial charge in [0.25, 0.3) is 0 Å². The van der Waals surface area contributed by atoms with Crippen LogP contribution in [0.1, 0.15) is 18.5 Å². The van der Waals surface area contributed by atoms with Crippen LogP contribution in [0.15, 0.2) is 46.9 Å². The summed E-state index contributed by atoms with van der Waals surface area (Å²) in [5, 5.41) is 10.9. The molecule has 0 fully saturated rings. The highest BCUT2D eigenvalue weighted by Gasteiger charge is 2.15. The molecule has 6 heteroatoms. The second-order valence-electron chi connectivity index (χ2n) is 4.30. The van der Waals surface area contributed by atoms with Crippen LogP contribution < -0.4 is 10.5 Å². The minimum Gasteiger partial charge on any atom is -0.450 e. The Hall–Kier alpha value is -1.92. The van der Waals surface area contributed by atoms with E-state index in [1.807, 2.05) is 13.0 Å². The van der Waals surface area contributed by atoms with Gasteiger partial charge in [0.1, 0.15) is 5.75 Å². The van der Waals surface area contributed by atoms with Gasteiger partial charge in [0.2, 0.25) is 5.75 Å². The summed E-state index contributed by atoms with van der Waals surface area (Å²) in [4.78, 5) is 10.5. The molecule has 0 heterocycles. The van der Waals surface area contributed by atoms with Crippen LogP contribution in [0.2, 0.25) is 0 Å². The Balaban J connectivity index is 2.31. The van der Waals surface area contributed by atoms with Crippen molar-refractivity contribution >= 4 is 21.6 Å². The third kappa shape index (κ3) is 3.15. The third-order valence-electron chi connectivity index (χ3n) is 2.75. The SMILES string of the molecule is CC(N)c1ccc(Oc2ccccc2[N+](=O)[O-])cc1Br. The van der Waals surface area contributed by atoms with Crippen molar-refractivity contribution in [2.45, 2.75) is 13.0 Å². The minimum atomic E-state index is -0.472. The summed E-state index contributed by atoms with van der Waals surface area (Å²) in [5.74, 6) is 0.716. The molecule has 0 aliphatic carbocycles. The van der Waals surface area contributed by atoms with E-state index in [0.717, 1.165) is 10.0 Å². The quantitative estimate of drug-likeness (QED) is 0.671. The monoisotopic (exact) mass is 336 g/mol. The number of halogens is 1. The van der Waals surface area contributed by atoms with Gasteiger partial charge in [-0.15, -0.1) is 0 Å². The summed E-state index contributed by atoms with van der Waals surface area (Å²) in [6, 6.07) is 11.5. The molecule has 0 radical (unpaired) electrons. The first kappa shape index (κ1) is 14.5. The van der Waals surface area contributed by atoms with Crippen LogP contribution in [0.25, 0.3) is 0 Å². The highest BCUT2D eigenvalue weighted by atomic mass is 79.9. The van der Waals surface area contributed by atoms with Crippen LogP contribution in [0.5, 0.6) is 11.5 Å². The first-order valence-electron chi connectivity index (χ1n) is 5.95. The maximum atomic E-state index is 10.9. The minimum absolute atomic E-state index is 0.0695. The van der Waals surface area contributed by atoms with E-state index >= 15 is 0 Å². The molecular formula is C14H13BrN2O3. The number of nitrogens with two attached hydrogens (primary N) is 1. The lowest BCUT2D eigenvalue weighted by Crippen LogP contribution is -2.05. The van der Waals surface area contributed by atoms with Gasteiger partial charge in [-0.1, -0.05) is 34.1 Å². The summed E-state index contributed by atoms with van der Waals surface area (Å²) >= 11 is 3.41. The Kier molecular flexibility index (Phi) is 4.36. The average molecular weight is 337 g/mol. The molecular weight excluding hydrogens is 324 g/mol. The van der Waals surface area contributed by atoms with Gasteiger partial charge in [-0.3, -0.25) is 10.1 Å². The lowest BCUT2D eigenvalue weighted by atomic mass is 10.1. The van der Waals surface area contributed by atoms with E-state index in [-0.39, 0.29) is 17.5 Å². The molecule has 0 aromatic heterocycles. The predicted molar refractivity (Wildman–Crippen MR) is 79.9 cm³/mol. The van der Waals surface area contributed by atoms with Crippen molar-refractivity contribution < 1.29 is 9.66 Å². The van der Waals surface area contributed by atoms with Gasteiger partial charge in [-0.2, -0.15) is 0 Å². The molecule has 2 aromatic carbocycles. The molecule has 0 amide bonds. The number of benzene rings is 2. The highest BCUT2D eigenvalue weighted by Crippen LogP contribution is 2.33. The van der Waals surface area contributed by atoms with Crippen molar-refractivity contribution in [3.05, 3.63) is 62.6 Å². The van der Waals surface area contributed by atoms with E-state index in [4.69, 9.17) is 10.5 Å². The van der Waals surface area contributed by atoms with Crippen molar-refractivity contribution in [3.63, 3.8) is 0 Å². The van der Waals surface area contributed by atoms with E-state index < -0.39 is 4.92 Å². The summed E-state index contributed by atoms with van der Waals surface area (Å²) < 4.78 is 6.38. The van der Waals surface area contributed by atoms with Crippen LogP contribution in [0.3, 0.4) is 0 Å². The van der Waals surface area contributed by atoms with Crippen LogP contribution in [-0.4, -0.2) is 4.92 Å². The number of nitrogens with zero attached hydrogens (tertiary/aromatic N) is 1.